The van der Waals surface area contributed by atoms with E-state index in [1.165, 1.54) is 0 Å². The maximum Gasteiger partial charge on any atom is 0.404 e. The summed E-state index contributed by atoms with van der Waals surface area (Å²) in [5, 5.41) is 11.6. The lowest BCUT2D eigenvalue weighted by Crippen LogP contribution is -2.41. The number of hydrogen-bond donors (Lipinski definition) is 2. The number of carboxylic acid groups (broad SMARTS) is 1. The van der Waals surface area contributed by atoms with Gasteiger partial charge in [-0.25, -0.2) is 4.79 Å². The molecule has 5 heteroatoms. The summed E-state index contributed by atoms with van der Waals surface area (Å²) < 4.78 is 6.09. The van der Waals surface area contributed by atoms with Crippen molar-refractivity contribution in [3.63, 3.8) is 0 Å². The molecule has 1 amide bonds. The molecule has 0 saturated heterocycles. The first kappa shape index (κ1) is 18.4. The zero-order valence-electron chi connectivity index (χ0n) is 13.4. The van der Waals surface area contributed by atoms with Gasteiger partial charge in [-0.15, -0.1) is 0 Å². The number of nitrogens with one attached hydrogen (secondary N) is 1. The molecule has 114 valence electrons. The Kier molecular flexibility index (Phi) is 7.67. The second-order valence-corrected chi connectivity index (χ2v) is 11.5. The fourth-order valence-corrected chi connectivity index (χ4v) is 2.77. The summed E-state index contributed by atoms with van der Waals surface area (Å²) in [5.74, 6) is 0. The van der Waals surface area contributed by atoms with Crippen LogP contribution in [0.1, 0.15) is 53.4 Å². The van der Waals surface area contributed by atoms with Gasteiger partial charge in [0.05, 0.1) is 0 Å². The zero-order valence-corrected chi connectivity index (χ0v) is 14.4. The monoisotopic (exact) mass is 289 g/mol. The Morgan fingerprint density at radius 1 is 1.32 bits per heavy atom. The van der Waals surface area contributed by atoms with E-state index in [0.29, 0.717) is 0 Å². The van der Waals surface area contributed by atoms with E-state index in [9.17, 15) is 4.79 Å². The quantitative estimate of drug-likeness (QED) is 0.519. The summed E-state index contributed by atoms with van der Waals surface area (Å²) in [6, 6.07) is 0.0607. The largest absolute Gasteiger partial charge is 0.465 e. The molecule has 0 spiro atoms. The number of hydrogen-bond acceptors (Lipinski definition) is 2. The van der Waals surface area contributed by atoms with E-state index in [4.69, 9.17) is 9.53 Å². The smallest absolute Gasteiger partial charge is 0.404 e. The van der Waals surface area contributed by atoms with Crippen molar-refractivity contribution >= 4 is 14.4 Å². The molecule has 0 aliphatic carbocycles. The van der Waals surface area contributed by atoms with Crippen LogP contribution in [0.2, 0.25) is 18.1 Å². The van der Waals surface area contributed by atoms with Crippen molar-refractivity contribution in [1.29, 1.82) is 0 Å². The molecule has 0 aliphatic heterocycles. The van der Waals surface area contributed by atoms with Crippen LogP contribution in [-0.4, -0.2) is 32.2 Å². The predicted molar refractivity (Wildman–Crippen MR) is 82.2 cm³/mol. The van der Waals surface area contributed by atoms with Gasteiger partial charge >= 0.3 is 6.09 Å². The van der Waals surface area contributed by atoms with Gasteiger partial charge in [0.15, 0.2) is 8.32 Å². The van der Waals surface area contributed by atoms with Gasteiger partial charge in [-0.2, -0.15) is 0 Å². The fourth-order valence-electron chi connectivity index (χ4n) is 1.69. The Hall–Kier alpha value is -0.553. The molecule has 0 radical (unpaired) electrons. The van der Waals surface area contributed by atoms with Gasteiger partial charge in [0.1, 0.15) is 0 Å². The minimum atomic E-state index is -1.66. The lowest BCUT2D eigenvalue weighted by molar-refractivity contribution is 0.186. The minimum absolute atomic E-state index is 0.0607. The van der Waals surface area contributed by atoms with E-state index in [0.717, 1.165) is 32.3 Å². The second kappa shape index (κ2) is 7.90. The van der Waals surface area contributed by atoms with Crippen LogP contribution >= 0.6 is 0 Å². The van der Waals surface area contributed by atoms with Crippen LogP contribution < -0.4 is 5.32 Å². The van der Waals surface area contributed by atoms with Gasteiger partial charge in [0.2, 0.25) is 0 Å². The third kappa shape index (κ3) is 7.57. The summed E-state index contributed by atoms with van der Waals surface area (Å²) in [7, 11) is -1.66. The van der Waals surface area contributed by atoms with Crippen LogP contribution in [0.25, 0.3) is 0 Å². The highest BCUT2D eigenvalue weighted by atomic mass is 28.4. The zero-order chi connectivity index (χ0) is 15.1. The van der Waals surface area contributed by atoms with Crippen LogP contribution in [0.15, 0.2) is 0 Å². The van der Waals surface area contributed by atoms with Crippen LogP contribution in [-0.2, 0) is 4.43 Å². The highest BCUT2D eigenvalue weighted by molar-refractivity contribution is 6.74. The maximum absolute atomic E-state index is 10.7. The Morgan fingerprint density at radius 3 is 2.32 bits per heavy atom. The molecule has 0 aromatic rings. The normalized spacial score (nSPS) is 14.2. The van der Waals surface area contributed by atoms with Crippen molar-refractivity contribution < 1.29 is 14.3 Å². The van der Waals surface area contributed by atoms with E-state index in [1.807, 2.05) is 0 Å². The van der Waals surface area contributed by atoms with E-state index in [-0.39, 0.29) is 11.1 Å². The first-order valence-corrected chi connectivity index (χ1v) is 10.1. The highest BCUT2D eigenvalue weighted by Crippen LogP contribution is 2.36. The fraction of sp³-hybridized carbons (Fsp3) is 0.929. The first-order valence-electron chi connectivity index (χ1n) is 7.23. The van der Waals surface area contributed by atoms with Gasteiger partial charge in [-0.3, -0.25) is 0 Å². The standard InChI is InChI=1S/C14H31NO3Si/c1-7-9-12(15-13(16)17)10-8-11-18-19(5,6)14(2,3)4/h12,15H,7-11H2,1-6H3,(H,16,17)/t12-/m0/s1. The van der Waals surface area contributed by atoms with E-state index in [2.05, 4.69) is 46.1 Å². The lowest BCUT2D eigenvalue weighted by Gasteiger charge is -2.36. The van der Waals surface area contributed by atoms with E-state index >= 15 is 0 Å². The first-order chi connectivity index (χ1) is 8.60. The number of rotatable bonds is 8. The van der Waals surface area contributed by atoms with Crippen LogP contribution in [0, 0.1) is 0 Å². The molecule has 0 aliphatic rings. The number of amides is 1. The van der Waals surface area contributed by atoms with E-state index < -0.39 is 14.4 Å². The summed E-state index contributed by atoms with van der Waals surface area (Å²) in [6.45, 7) is 14.0. The predicted octanol–water partition coefficient (Wildman–Crippen LogP) is 4.22. The molecule has 4 nitrogen and oxygen atoms in total. The van der Waals surface area contributed by atoms with Gasteiger partial charge in [0.25, 0.3) is 0 Å². The van der Waals surface area contributed by atoms with Gasteiger partial charge < -0.3 is 14.8 Å². The summed E-state index contributed by atoms with van der Waals surface area (Å²) in [5.41, 5.74) is 0. The molecule has 0 fully saturated rings. The molecule has 0 bridgehead atoms. The molecular weight excluding hydrogens is 258 g/mol. The highest BCUT2D eigenvalue weighted by Gasteiger charge is 2.36. The van der Waals surface area contributed by atoms with Crippen molar-refractivity contribution in [2.24, 2.45) is 0 Å². The lowest BCUT2D eigenvalue weighted by atomic mass is 10.1. The molecule has 0 unspecified atom stereocenters. The second-order valence-electron chi connectivity index (χ2n) is 6.69. The van der Waals surface area contributed by atoms with Crippen LogP contribution in [0.3, 0.4) is 0 Å². The van der Waals surface area contributed by atoms with Gasteiger partial charge in [-0.05, 0) is 37.4 Å². The molecule has 19 heavy (non-hydrogen) atoms. The van der Waals surface area contributed by atoms with Gasteiger partial charge in [0, 0.05) is 12.6 Å². The molecule has 0 heterocycles. The molecule has 2 N–H and O–H groups in total. The van der Waals surface area contributed by atoms with Crippen molar-refractivity contribution in [2.75, 3.05) is 6.61 Å². The Labute approximate surface area is 119 Å². The topological polar surface area (TPSA) is 58.6 Å². The molecule has 0 saturated carbocycles. The summed E-state index contributed by atoms with van der Waals surface area (Å²) in [6.07, 6.45) is 2.73. The minimum Gasteiger partial charge on any atom is -0.465 e. The molecular formula is C14H31NO3Si. The maximum atomic E-state index is 10.7. The summed E-state index contributed by atoms with van der Waals surface area (Å²) >= 11 is 0. The molecule has 0 aromatic carbocycles. The molecule has 0 aromatic heterocycles. The SMILES string of the molecule is CCC[C@@H](CCCO[Si](C)(C)C(C)(C)C)NC(=O)O. The number of carbonyl (C=O) groups is 1. The van der Waals surface area contributed by atoms with Crippen molar-refractivity contribution in [3.8, 4) is 0 Å². The Morgan fingerprint density at radius 2 is 1.89 bits per heavy atom. The summed E-state index contributed by atoms with van der Waals surface area (Å²) in [4.78, 5) is 10.7. The average molecular weight is 289 g/mol. The third-order valence-electron chi connectivity index (χ3n) is 3.93. The average Bonchev–Trinajstić information content (AvgIpc) is 2.22. The van der Waals surface area contributed by atoms with Crippen molar-refractivity contribution in [1.82, 2.24) is 5.32 Å². The Balaban J connectivity index is 4.03. The van der Waals surface area contributed by atoms with Crippen LogP contribution in [0.4, 0.5) is 4.79 Å². The Bertz CT molecular complexity index is 274. The van der Waals surface area contributed by atoms with E-state index in [1.54, 1.807) is 0 Å². The van der Waals surface area contributed by atoms with Crippen LogP contribution in [0.5, 0.6) is 0 Å². The molecule has 0 rings (SSSR count). The van der Waals surface area contributed by atoms with Gasteiger partial charge in [-0.1, -0.05) is 34.1 Å². The van der Waals surface area contributed by atoms with Crippen molar-refractivity contribution in [2.45, 2.75) is 77.6 Å². The third-order valence-corrected chi connectivity index (χ3v) is 8.47. The molecule has 1 atom stereocenters. The van der Waals surface area contributed by atoms with Crippen molar-refractivity contribution in [3.05, 3.63) is 0 Å².